The normalized spacial score (nSPS) is 31.2. The van der Waals surface area contributed by atoms with E-state index in [-0.39, 0.29) is 12.0 Å². The summed E-state index contributed by atoms with van der Waals surface area (Å²) in [5.41, 5.74) is 1.11. The largest absolute Gasteiger partial charge is 0.373 e. The van der Waals surface area contributed by atoms with Crippen molar-refractivity contribution in [3.63, 3.8) is 0 Å². The number of pyridine rings is 1. The van der Waals surface area contributed by atoms with Gasteiger partial charge in [0, 0.05) is 37.8 Å². The standard InChI is InChI=1S/C17H23N3O2/c21-17(19-13-4-5-13)8-15-7-12-9-20(11-16(12)22-15)10-14-3-1-2-6-18-14/h1-3,6,12-13,15-16H,4-5,7-11H2,(H,19,21)/t12-,15+,16+/m0/s1. The monoisotopic (exact) mass is 301 g/mol. The predicted molar refractivity (Wildman–Crippen MR) is 82.1 cm³/mol. The zero-order valence-electron chi connectivity index (χ0n) is 12.8. The van der Waals surface area contributed by atoms with Crippen LogP contribution < -0.4 is 5.32 Å². The molecule has 3 heterocycles. The van der Waals surface area contributed by atoms with Gasteiger partial charge in [-0.2, -0.15) is 0 Å². The highest BCUT2D eigenvalue weighted by Crippen LogP contribution is 2.34. The molecule has 1 amide bonds. The zero-order chi connectivity index (χ0) is 14.9. The Labute approximate surface area is 131 Å². The number of carbonyl (C=O) groups is 1. The summed E-state index contributed by atoms with van der Waals surface area (Å²) in [5.74, 6) is 0.736. The molecule has 1 aromatic rings. The maximum Gasteiger partial charge on any atom is 0.222 e. The Morgan fingerprint density at radius 1 is 1.36 bits per heavy atom. The van der Waals surface area contributed by atoms with Crippen LogP contribution in [0.2, 0.25) is 0 Å². The van der Waals surface area contributed by atoms with E-state index in [0.29, 0.717) is 24.5 Å². The Bertz CT molecular complexity index is 518. The molecule has 3 fully saturated rings. The van der Waals surface area contributed by atoms with Crippen LogP contribution in [0.1, 0.15) is 31.4 Å². The first-order valence-corrected chi connectivity index (χ1v) is 8.33. The lowest BCUT2D eigenvalue weighted by Gasteiger charge is -2.18. The van der Waals surface area contributed by atoms with Crippen molar-refractivity contribution in [1.82, 2.24) is 15.2 Å². The van der Waals surface area contributed by atoms with E-state index in [1.807, 2.05) is 18.3 Å². The number of nitrogens with one attached hydrogen (secondary N) is 1. The molecule has 0 aromatic carbocycles. The van der Waals surface area contributed by atoms with Crippen LogP contribution in [-0.4, -0.2) is 47.1 Å². The summed E-state index contributed by atoms with van der Waals surface area (Å²) >= 11 is 0. The van der Waals surface area contributed by atoms with Crippen LogP contribution in [0.4, 0.5) is 0 Å². The van der Waals surface area contributed by atoms with Crippen molar-refractivity contribution in [3.05, 3.63) is 30.1 Å². The smallest absolute Gasteiger partial charge is 0.222 e. The Balaban J connectivity index is 1.24. The van der Waals surface area contributed by atoms with Crippen LogP contribution in [-0.2, 0) is 16.1 Å². The number of hydrogen-bond acceptors (Lipinski definition) is 4. The molecule has 0 radical (unpaired) electrons. The van der Waals surface area contributed by atoms with E-state index in [4.69, 9.17) is 4.74 Å². The van der Waals surface area contributed by atoms with Gasteiger partial charge in [-0.25, -0.2) is 0 Å². The van der Waals surface area contributed by atoms with E-state index >= 15 is 0 Å². The number of nitrogens with zero attached hydrogens (tertiary/aromatic N) is 2. The van der Waals surface area contributed by atoms with Gasteiger partial charge in [0.05, 0.1) is 24.3 Å². The Hall–Kier alpha value is -1.46. The van der Waals surface area contributed by atoms with Crippen molar-refractivity contribution < 1.29 is 9.53 Å². The van der Waals surface area contributed by atoms with Gasteiger partial charge in [0.25, 0.3) is 0 Å². The van der Waals surface area contributed by atoms with E-state index in [1.54, 1.807) is 0 Å². The van der Waals surface area contributed by atoms with Gasteiger partial charge >= 0.3 is 0 Å². The third kappa shape index (κ3) is 3.31. The topological polar surface area (TPSA) is 54.5 Å². The highest BCUT2D eigenvalue weighted by Gasteiger charge is 2.42. The lowest BCUT2D eigenvalue weighted by Crippen LogP contribution is -2.30. The minimum absolute atomic E-state index is 0.116. The molecule has 5 heteroatoms. The number of ether oxygens (including phenoxy) is 1. The summed E-state index contributed by atoms with van der Waals surface area (Å²) in [6, 6.07) is 6.49. The number of aromatic nitrogens is 1. The van der Waals surface area contributed by atoms with Gasteiger partial charge in [0.1, 0.15) is 0 Å². The first-order chi connectivity index (χ1) is 10.8. The summed E-state index contributed by atoms with van der Waals surface area (Å²) in [5, 5.41) is 3.05. The molecule has 2 saturated heterocycles. The third-order valence-electron chi connectivity index (χ3n) is 4.86. The Kier molecular flexibility index (Phi) is 3.84. The molecule has 5 nitrogen and oxygen atoms in total. The minimum Gasteiger partial charge on any atom is -0.373 e. The molecular formula is C17H23N3O2. The number of hydrogen-bond donors (Lipinski definition) is 1. The maximum absolute atomic E-state index is 11.9. The molecule has 4 rings (SSSR count). The van der Waals surface area contributed by atoms with Crippen LogP contribution in [0.5, 0.6) is 0 Å². The highest BCUT2D eigenvalue weighted by atomic mass is 16.5. The average molecular weight is 301 g/mol. The zero-order valence-corrected chi connectivity index (χ0v) is 12.8. The van der Waals surface area contributed by atoms with Crippen LogP contribution in [0.25, 0.3) is 0 Å². The number of amides is 1. The summed E-state index contributed by atoms with van der Waals surface area (Å²) in [6.45, 7) is 2.91. The molecule has 1 N–H and O–H groups in total. The second-order valence-electron chi connectivity index (χ2n) is 6.85. The number of likely N-dealkylation sites (tertiary alicyclic amines) is 1. The predicted octanol–water partition coefficient (Wildman–Crippen LogP) is 1.34. The molecule has 0 spiro atoms. The molecule has 3 atom stereocenters. The quantitative estimate of drug-likeness (QED) is 0.892. The second-order valence-corrected chi connectivity index (χ2v) is 6.85. The van der Waals surface area contributed by atoms with Crippen molar-refractivity contribution in [2.75, 3.05) is 13.1 Å². The van der Waals surface area contributed by atoms with Crippen molar-refractivity contribution in [3.8, 4) is 0 Å². The Morgan fingerprint density at radius 3 is 3.00 bits per heavy atom. The molecule has 2 aliphatic heterocycles. The molecule has 3 aliphatic rings. The SMILES string of the molecule is O=C(C[C@H]1C[C@H]2CN(Cc3ccccn3)C[C@H]2O1)NC1CC1. The Morgan fingerprint density at radius 2 is 2.27 bits per heavy atom. The van der Waals surface area contributed by atoms with E-state index < -0.39 is 0 Å². The van der Waals surface area contributed by atoms with Crippen molar-refractivity contribution in [2.24, 2.45) is 5.92 Å². The van der Waals surface area contributed by atoms with Gasteiger partial charge in [-0.1, -0.05) is 6.07 Å². The summed E-state index contributed by atoms with van der Waals surface area (Å²) in [4.78, 5) is 18.7. The summed E-state index contributed by atoms with van der Waals surface area (Å²) < 4.78 is 6.10. The van der Waals surface area contributed by atoms with Gasteiger partial charge in [-0.05, 0) is 31.4 Å². The molecule has 1 saturated carbocycles. The fourth-order valence-electron chi connectivity index (χ4n) is 3.65. The molecule has 0 unspecified atom stereocenters. The number of rotatable bonds is 5. The number of carbonyl (C=O) groups excluding carboxylic acids is 1. The number of fused-ring (bicyclic) bond motifs is 1. The summed E-state index contributed by atoms with van der Waals surface area (Å²) in [6.07, 6.45) is 6.09. The van der Waals surface area contributed by atoms with E-state index in [0.717, 1.165) is 44.6 Å². The summed E-state index contributed by atoms with van der Waals surface area (Å²) in [7, 11) is 0. The van der Waals surface area contributed by atoms with Crippen molar-refractivity contribution in [2.45, 2.75) is 50.5 Å². The van der Waals surface area contributed by atoms with Crippen LogP contribution in [0.3, 0.4) is 0 Å². The van der Waals surface area contributed by atoms with Crippen LogP contribution in [0.15, 0.2) is 24.4 Å². The van der Waals surface area contributed by atoms with Crippen LogP contribution in [0, 0.1) is 5.92 Å². The average Bonchev–Trinajstić information content (AvgIpc) is 3.11. The molecule has 118 valence electrons. The molecule has 22 heavy (non-hydrogen) atoms. The minimum atomic E-state index is 0.116. The fourth-order valence-corrected chi connectivity index (χ4v) is 3.65. The fraction of sp³-hybridized carbons (Fsp3) is 0.647. The van der Waals surface area contributed by atoms with Gasteiger partial charge in [0.15, 0.2) is 0 Å². The molecular weight excluding hydrogens is 278 g/mol. The molecule has 1 aromatic heterocycles. The van der Waals surface area contributed by atoms with Crippen LogP contribution >= 0.6 is 0 Å². The van der Waals surface area contributed by atoms with E-state index in [9.17, 15) is 4.79 Å². The van der Waals surface area contributed by atoms with Crippen molar-refractivity contribution in [1.29, 1.82) is 0 Å². The maximum atomic E-state index is 11.9. The second kappa shape index (κ2) is 5.97. The third-order valence-corrected chi connectivity index (χ3v) is 4.86. The van der Waals surface area contributed by atoms with Gasteiger partial charge in [-0.3, -0.25) is 14.7 Å². The molecule has 1 aliphatic carbocycles. The van der Waals surface area contributed by atoms with Gasteiger partial charge in [0.2, 0.25) is 5.91 Å². The first-order valence-electron chi connectivity index (χ1n) is 8.33. The van der Waals surface area contributed by atoms with Gasteiger partial charge in [-0.15, -0.1) is 0 Å². The molecule has 0 bridgehead atoms. The lowest BCUT2D eigenvalue weighted by molar-refractivity contribution is -0.123. The lowest BCUT2D eigenvalue weighted by atomic mass is 10.0. The first kappa shape index (κ1) is 14.2. The highest BCUT2D eigenvalue weighted by molar-refractivity contribution is 5.77. The van der Waals surface area contributed by atoms with Gasteiger partial charge < -0.3 is 10.1 Å². The van der Waals surface area contributed by atoms with E-state index in [1.165, 1.54) is 0 Å². The van der Waals surface area contributed by atoms with E-state index in [2.05, 4.69) is 21.3 Å². The van der Waals surface area contributed by atoms with Crippen molar-refractivity contribution >= 4 is 5.91 Å².